The predicted molar refractivity (Wildman–Crippen MR) is 81.6 cm³/mol. The summed E-state index contributed by atoms with van der Waals surface area (Å²) in [6, 6.07) is 14.6. The molecular weight excluding hydrogens is 266 g/mol. The summed E-state index contributed by atoms with van der Waals surface area (Å²) in [5.41, 5.74) is 2.97. The lowest BCUT2D eigenvalue weighted by Crippen LogP contribution is -2.06. The summed E-state index contributed by atoms with van der Waals surface area (Å²) in [7, 11) is 0. The molecule has 0 aliphatic heterocycles. The van der Waals surface area contributed by atoms with E-state index in [0.717, 1.165) is 23.2 Å². The summed E-state index contributed by atoms with van der Waals surface area (Å²) in [5, 5.41) is 11.9. The van der Waals surface area contributed by atoms with Crippen molar-refractivity contribution in [1.29, 1.82) is 0 Å². The highest BCUT2D eigenvalue weighted by Gasteiger charge is 2.08. The predicted octanol–water partition coefficient (Wildman–Crippen LogP) is 3.13. The molecular formula is C17H17NO3. The van der Waals surface area contributed by atoms with Gasteiger partial charge in [-0.25, -0.2) is 4.79 Å². The van der Waals surface area contributed by atoms with E-state index in [-0.39, 0.29) is 5.91 Å². The number of hydrogen-bond acceptors (Lipinski definition) is 2. The molecule has 0 heterocycles. The van der Waals surface area contributed by atoms with E-state index < -0.39 is 5.97 Å². The lowest BCUT2D eigenvalue weighted by molar-refractivity contribution is -0.114. The summed E-state index contributed by atoms with van der Waals surface area (Å²) in [4.78, 5) is 22.2. The molecule has 4 heteroatoms. The highest BCUT2D eigenvalue weighted by Crippen LogP contribution is 2.15. The van der Waals surface area contributed by atoms with Crippen LogP contribution in [0.15, 0.2) is 48.5 Å². The number of aromatic carboxylic acids is 1. The Kier molecular flexibility index (Phi) is 4.72. The molecule has 0 unspecified atom stereocenters. The Labute approximate surface area is 123 Å². The van der Waals surface area contributed by atoms with Crippen LogP contribution < -0.4 is 5.32 Å². The highest BCUT2D eigenvalue weighted by atomic mass is 16.4. The number of carbonyl (C=O) groups excluding carboxylic acids is 1. The molecule has 0 aromatic heterocycles. The largest absolute Gasteiger partial charge is 0.478 e. The van der Waals surface area contributed by atoms with Gasteiger partial charge in [0.05, 0.1) is 5.56 Å². The van der Waals surface area contributed by atoms with Crippen molar-refractivity contribution in [3.63, 3.8) is 0 Å². The summed E-state index contributed by atoms with van der Waals surface area (Å²) in [6.45, 7) is 1.47. The number of benzene rings is 2. The molecule has 0 fully saturated rings. The number of anilines is 1. The monoisotopic (exact) mass is 283 g/mol. The lowest BCUT2D eigenvalue weighted by Gasteiger charge is -2.08. The van der Waals surface area contributed by atoms with Crippen LogP contribution in [-0.4, -0.2) is 17.0 Å². The zero-order chi connectivity index (χ0) is 15.2. The Bertz CT molecular complexity index is 665. The van der Waals surface area contributed by atoms with E-state index in [1.807, 2.05) is 36.4 Å². The first-order valence-corrected chi connectivity index (χ1v) is 6.74. The van der Waals surface area contributed by atoms with Crippen molar-refractivity contribution >= 4 is 17.6 Å². The molecule has 0 aliphatic carbocycles. The van der Waals surface area contributed by atoms with Crippen LogP contribution in [0.5, 0.6) is 0 Å². The van der Waals surface area contributed by atoms with Crippen LogP contribution in [0.2, 0.25) is 0 Å². The number of carboxylic acids is 1. The number of hydrogen-bond donors (Lipinski definition) is 2. The summed E-state index contributed by atoms with van der Waals surface area (Å²) in [5.74, 6) is -1.01. The second kappa shape index (κ2) is 6.70. The third-order valence-corrected chi connectivity index (χ3v) is 3.18. The SMILES string of the molecule is CC(=O)Nc1cccc(CCc2ccccc2C(=O)O)c1. The number of aryl methyl sites for hydroxylation is 2. The summed E-state index contributed by atoms with van der Waals surface area (Å²) < 4.78 is 0. The van der Waals surface area contributed by atoms with Gasteiger partial charge < -0.3 is 10.4 Å². The van der Waals surface area contributed by atoms with E-state index in [9.17, 15) is 9.59 Å². The van der Waals surface area contributed by atoms with Crippen LogP contribution >= 0.6 is 0 Å². The molecule has 4 nitrogen and oxygen atoms in total. The van der Waals surface area contributed by atoms with Crippen molar-refractivity contribution in [2.45, 2.75) is 19.8 Å². The molecule has 2 rings (SSSR count). The number of nitrogens with one attached hydrogen (secondary N) is 1. The average Bonchev–Trinajstić information content (AvgIpc) is 2.45. The van der Waals surface area contributed by atoms with E-state index >= 15 is 0 Å². The Balaban J connectivity index is 2.10. The highest BCUT2D eigenvalue weighted by molar-refractivity contribution is 5.89. The van der Waals surface area contributed by atoms with Gasteiger partial charge in [0, 0.05) is 12.6 Å². The average molecular weight is 283 g/mol. The molecule has 0 saturated carbocycles. The molecule has 0 spiro atoms. The van der Waals surface area contributed by atoms with E-state index in [0.29, 0.717) is 12.0 Å². The maximum atomic E-state index is 11.2. The Morgan fingerprint density at radius 2 is 1.81 bits per heavy atom. The van der Waals surface area contributed by atoms with Crippen molar-refractivity contribution in [1.82, 2.24) is 0 Å². The van der Waals surface area contributed by atoms with Gasteiger partial charge in [-0.15, -0.1) is 0 Å². The lowest BCUT2D eigenvalue weighted by atomic mass is 9.99. The summed E-state index contributed by atoms with van der Waals surface area (Å²) >= 11 is 0. The molecule has 0 saturated heterocycles. The fraction of sp³-hybridized carbons (Fsp3) is 0.176. The first-order valence-electron chi connectivity index (χ1n) is 6.74. The molecule has 21 heavy (non-hydrogen) atoms. The smallest absolute Gasteiger partial charge is 0.335 e. The maximum Gasteiger partial charge on any atom is 0.335 e. The minimum Gasteiger partial charge on any atom is -0.478 e. The van der Waals surface area contributed by atoms with Crippen LogP contribution in [0, 0.1) is 0 Å². The van der Waals surface area contributed by atoms with Gasteiger partial charge in [0.25, 0.3) is 0 Å². The van der Waals surface area contributed by atoms with Crippen LogP contribution in [0.3, 0.4) is 0 Å². The van der Waals surface area contributed by atoms with Crippen LogP contribution in [-0.2, 0) is 17.6 Å². The van der Waals surface area contributed by atoms with Gasteiger partial charge >= 0.3 is 5.97 Å². The van der Waals surface area contributed by atoms with Crippen molar-refractivity contribution in [2.75, 3.05) is 5.32 Å². The van der Waals surface area contributed by atoms with Gasteiger partial charge in [-0.3, -0.25) is 4.79 Å². The molecule has 1 amide bonds. The van der Waals surface area contributed by atoms with E-state index in [2.05, 4.69) is 5.32 Å². The van der Waals surface area contributed by atoms with Crippen molar-refractivity contribution in [3.8, 4) is 0 Å². The van der Waals surface area contributed by atoms with Gasteiger partial charge in [0.15, 0.2) is 0 Å². The number of rotatable bonds is 5. The Hall–Kier alpha value is -2.62. The van der Waals surface area contributed by atoms with Crippen molar-refractivity contribution in [3.05, 3.63) is 65.2 Å². The third kappa shape index (κ3) is 4.18. The van der Waals surface area contributed by atoms with Gasteiger partial charge in [0.2, 0.25) is 5.91 Å². The first-order chi connectivity index (χ1) is 10.1. The second-order valence-electron chi connectivity index (χ2n) is 4.84. The number of amides is 1. The maximum absolute atomic E-state index is 11.2. The summed E-state index contributed by atoms with van der Waals surface area (Å²) in [6.07, 6.45) is 1.36. The van der Waals surface area contributed by atoms with Crippen molar-refractivity contribution < 1.29 is 14.7 Å². The van der Waals surface area contributed by atoms with Gasteiger partial charge in [-0.1, -0.05) is 30.3 Å². The fourth-order valence-electron chi connectivity index (χ4n) is 2.23. The zero-order valence-electron chi connectivity index (χ0n) is 11.8. The van der Waals surface area contributed by atoms with Crippen LogP contribution in [0.25, 0.3) is 0 Å². The van der Waals surface area contributed by atoms with Crippen LogP contribution in [0.1, 0.15) is 28.4 Å². The molecule has 0 radical (unpaired) electrons. The van der Waals surface area contributed by atoms with Crippen molar-refractivity contribution in [2.24, 2.45) is 0 Å². The minimum atomic E-state index is -0.905. The zero-order valence-corrected chi connectivity index (χ0v) is 11.8. The van der Waals surface area contributed by atoms with Crippen LogP contribution in [0.4, 0.5) is 5.69 Å². The van der Waals surface area contributed by atoms with E-state index in [4.69, 9.17) is 5.11 Å². The van der Waals surface area contributed by atoms with Gasteiger partial charge in [-0.05, 0) is 42.2 Å². The topological polar surface area (TPSA) is 66.4 Å². The standard InChI is InChI=1S/C17H17NO3/c1-12(19)18-15-7-4-5-13(11-15)9-10-14-6-2-3-8-16(14)17(20)21/h2-8,11H,9-10H2,1H3,(H,18,19)(H,20,21). The number of carboxylic acid groups (broad SMARTS) is 1. The minimum absolute atomic E-state index is 0.108. The third-order valence-electron chi connectivity index (χ3n) is 3.18. The molecule has 108 valence electrons. The second-order valence-corrected chi connectivity index (χ2v) is 4.84. The molecule has 0 aliphatic rings. The number of carbonyl (C=O) groups is 2. The van der Waals surface area contributed by atoms with Gasteiger partial charge in [-0.2, -0.15) is 0 Å². The first kappa shape index (κ1) is 14.8. The van der Waals surface area contributed by atoms with E-state index in [1.54, 1.807) is 12.1 Å². The van der Waals surface area contributed by atoms with E-state index in [1.165, 1.54) is 6.92 Å². The van der Waals surface area contributed by atoms with Gasteiger partial charge in [0.1, 0.15) is 0 Å². The Morgan fingerprint density at radius 3 is 2.52 bits per heavy atom. The molecule has 2 N–H and O–H groups in total. The Morgan fingerprint density at radius 1 is 1.05 bits per heavy atom. The fourth-order valence-corrected chi connectivity index (χ4v) is 2.23. The molecule has 0 bridgehead atoms. The quantitative estimate of drug-likeness (QED) is 0.886. The normalized spacial score (nSPS) is 10.1. The molecule has 2 aromatic carbocycles. The molecule has 2 aromatic rings. The molecule has 0 atom stereocenters.